The molecule has 0 atom stereocenters. The second-order valence-electron chi connectivity index (χ2n) is 3.27. The molecule has 0 N–H and O–H groups in total. The largest absolute Gasteiger partial charge is 0.207 e. The minimum Gasteiger partial charge on any atom is -0.207 e. The summed E-state index contributed by atoms with van der Waals surface area (Å²) in [5, 5.41) is 0. The van der Waals surface area contributed by atoms with Gasteiger partial charge in [0.15, 0.2) is 0 Å². The summed E-state index contributed by atoms with van der Waals surface area (Å²) in [5.41, 5.74) is 4.78. The Hall–Kier alpha value is -1.33. The Balaban J connectivity index is 2.85. The average molecular weight is 190 g/mol. The molecule has 0 saturated carbocycles. The van der Waals surface area contributed by atoms with Crippen molar-refractivity contribution in [2.24, 2.45) is 0 Å². The molecule has 0 unspecified atom stereocenters. The number of hydrogen-bond acceptors (Lipinski definition) is 0. The molecule has 0 aliphatic heterocycles. The molecule has 0 fully saturated rings. The fourth-order valence-electron chi connectivity index (χ4n) is 1.36. The highest BCUT2D eigenvalue weighted by Crippen LogP contribution is 2.19. The highest BCUT2D eigenvalue weighted by molar-refractivity contribution is 5.64. The summed E-state index contributed by atoms with van der Waals surface area (Å²) in [6.45, 7) is 5.77. The third kappa shape index (κ3) is 2.86. The van der Waals surface area contributed by atoms with Crippen LogP contribution in [0.4, 0.5) is 4.39 Å². The standard InChI is InChI=1S/C13H15F/c1-3-5-7-11(4-2)12-8-6-9-13(14)10-12/h6,8-10H,2-3,5,7H2,1H3. The summed E-state index contributed by atoms with van der Waals surface area (Å²) < 4.78 is 12.9. The van der Waals surface area contributed by atoms with Crippen molar-refractivity contribution in [3.05, 3.63) is 48.0 Å². The van der Waals surface area contributed by atoms with Crippen LogP contribution >= 0.6 is 0 Å². The van der Waals surface area contributed by atoms with Crippen molar-refractivity contribution in [2.45, 2.75) is 26.2 Å². The molecule has 74 valence electrons. The van der Waals surface area contributed by atoms with E-state index < -0.39 is 0 Å². The molecule has 0 aliphatic rings. The van der Waals surface area contributed by atoms with Gasteiger partial charge in [-0.15, -0.1) is 5.73 Å². The fourth-order valence-corrected chi connectivity index (χ4v) is 1.36. The summed E-state index contributed by atoms with van der Waals surface area (Å²) in [4.78, 5) is 0. The van der Waals surface area contributed by atoms with Crippen LogP contribution in [0.25, 0.3) is 5.57 Å². The van der Waals surface area contributed by atoms with Crippen LogP contribution in [-0.2, 0) is 0 Å². The number of unbranched alkanes of at least 4 members (excludes halogenated alkanes) is 1. The molecular weight excluding hydrogens is 175 g/mol. The van der Waals surface area contributed by atoms with Crippen molar-refractivity contribution in [3.63, 3.8) is 0 Å². The molecule has 1 aromatic rings. The molecule has 1 aromatic carbocycles. The molecule has 1 rings (SSSR count). The maximum atomic E-state index is 12.9. The zero-order chi connectivity index (χ0) is 10.4. The van der Waals surface area contributed by atoms with Crippen LogP contribution in [-0.4, -0.2) is 0 Å². The van der Waals surface area contributed by atoms with E-state index in [0.717, 1.165) is 30.4 Å². The lowest BCUT2D eigenvalue weighted by molar-refractivity contribution is 0.627. The first kappa shape index (κ1) is 10.7. The Labute approximate surface area is 84.8 Å². The van der Waals surface area contributed by atoms with Gasteiger partial charge in [0.2, 0.25) is 0 Å². The molecular formula is C13H15F. The summed E-state index contributed by atoms with van der Waals surface area (Å²) in [6.07, 6.45) is 3.14. The van der Waals surface area contributed by atoms with Gasteiger partial charge in [0.05, 0.1) is 0 Å². The van der Waals surface area contributed by atoms with Gasteiger partial charge in [0.1, 0.15) is 5.82 Å². The van der Waals surface area contributed by atoms with Crippen LogP contribution in [0.2, 0.25) is 0 Å². The zero-order valence-corrected chi connectivity index (χ0v) is 8.52. The molecule has 0 aliphatic carbocycles. The lowest BCUT2D eigenvalue weighted by atomic mass is 10.0. The maximum absolute atomic E-state index is 12.9. The number of benzene rings is 1. The lowest BCUT2D eigenvalue weighted by Gasteiger charge is -2.03. The van der Waals surface area contributed by atoms with Crippen molar-refractivity contribution >= 4 is 5.57 Å². The Morgan fingerprint density at radius 3 is 2.86 bits per heavy atom. The molecule has 14 heavy (non-hydrogen) atoms. The number of allylic oxidation sites excluding steroid dienone is 1. The minimum atomic E-state index is -0.202. The van der Waals surface area contributed by atoms with Gasteiger partial charge in [-0.05, 0) is 30.5 Å². The third-order valence-corrected chi connectivity index (χ3v) is 2.17. The molecule has 1 heteroatoms. The van der Waals surface area contributed by atoms with Crippen LogP contribution in [0.15, 0.2) is 36.6 Å². The Kier molecular flexibility index (Phi) is 4.15. The fraction of sp³-hybridized carbons (Fsp3) is 0.308. The number of hydrogen-bond donors (Lipinski definition) is 0. The van der Waals surface area contributed by atoms with E-state index >= 15 is 0 Å². The van der Waals surface area contributed by atoms with Crippen LogP contribution in [0, 0.1) is 5.82 Å². The van der Waals surface area contributed by atoms with Crippen LogP contribution in [0.5, 0.6) is 0 Å². The van der Waals surface area contributed by atoms with Gasteiger partial charge >= 0.3 is 0 Å². The normalized spacial score (nSPS) is 9.57. The molecule has 0 spiro atoms. The Bertz CT molecular complexity index is 346. The van der Waals surface area contributed by atoms with Crippen molar-refractivity contribution in [1.29, 1.82) is 0 Å². The molecule has 0 bridgehead atoms. The second kappa shape index (κ2) is 5.41. The SMILES string of the molecule is C=C=C(CCCC)c1cccc(F)c1. The van der Waals surface area contributed by atoms with E-state index in [9.17, 15) is 4.39 Å². The zero-order valence-electron chi connectivity index (χ0n) is 8.52. The first-order chi connectivity index (χ1) is 6.77. The highest BCUT2D eigenvalue weighted by Gasteiger charge is 2.01. The summed E-state index contributed by atoms with van der Waals surface area (Å²) >= 11 is 0. The molecule has 0 heterocycles. The van der Waals surface area contributed by atoms with Gasteiger partial charge < -0.3 is 0 Å². The first-order valence-electron chi connectivity index (χ1n) is 4.92. The summed E-state index contributed by atoms with van der Waals surface area (Å²) in [7, 11) is 0. The molecule has 0 nitrogen and oxygen atoms in total. The quantitative estimate of drug-likeness (QED) is 0.625. The summed E-state index contributed by atoms with van der Waals surface area (Å²) in [5.74, 6) is -0.202. The van der Waals surface area contributed by atoms with E-state index in [-0.39, 0.29) is 5.82 Å². The minimum absolute atomic E-state index is 0.202. The van der Waals surface area contributed by atoms with Crippen LogP contribution < -0.4 is 0 Å². The van der Waals surface area contributed by atoms with E-state index in [1.54, 1.807) is 6.07 Å². The van der Waals surface area contributed by atoms with Crippen molar-refractivity contribution in [3.8, 4) is 0 Å². The topological polar surface area (TPSA) is 0 Å². The molecule has 0 amide bonds. The molecule has 0 radical (unpaired) electrons. The average Bonchev–Trinajstić information content (AvgIpc) is 2.19. The lowest BCUT2D eigenvalue weighted by Crippen LogP contribution is -1.85. The Morgan fingerprint density at radius 1 is 1.50 bits per heavy atom. The van der Waals surface area contributed by atoms with Gasteiger partial charge in [-0.2, -0.15) is 0 Å². The van der Waals surface area contributed by atoms with Crippen molar-refractivity contribution in [1.82, 2.24) is 0 Å². The van der Waals surface area contributed by atoms with Crippen molar-refractivity contribution in [2.75, 3.05) is 0 Å². The predicted molar refractivity (Wildman–Crippen MR) is 58.5 cm³/mol. The van der Waals surface area contributed by atoms with Gasteiger partial charge in [0.25, 0.3) is 0 Å². The van der Waals surface area contributed by atoms with Crippen LogP contribution in [0.3, 0.4) is 0 Å². The van der Waals surface area contributed by atoms with E-state index in [0.29, 0.717) is 0 Å². The van der Waals surface area contributed by atoms with E-state index in [1.165, 1.54) is 12.1 Å². The van der Waals surface area contributed by atoms with E-state index in [4.69, 9.17) is 0 Å². The Morgan fingerprint density at radius 2 is 2.29 bits per heavy atom. The van der Waals surface area contributed by atoms with Crippen LogP contribution in [0.1, 0.15) is 31.7 Å². The third-order valence-electron chi connectivity index (χ3n) is 2.17. The van der Waals surface area contributed by atoms with Gasteiger partial charge in [0, 0.05) is 5.57 Å². The van der Waals surface area contributed by atoms with Crippen molar-refractivity contribution < 1.29 is 4.39 Å². The van der Waals surface area contributed by atoms with Gasteiger partial charge in [-0.3, -0.25) is 0 Å². The summed E-state index contributed by atoms with van der Waals surface area (Å²) in [6, 6.07) is 6.59. The highest BCUT2D eigenvalue weighted by atomic mass is 19.1. The maximum Gasteiger partial charge on any atom is 0.123 e. The van der Waals surface area contributed by atoms with E-state index in [1.807, 2.05) is 6.07 Å². The van der Waals surface area contributed by atoms with Gasteiger partial charge in [-0.1, -0.05) is 32.1 Å². The van der Waals surface area contributed by atoms with Gasteiger partial charge in [-0.25, -0.2) is 4.39 Å². The predicted octanol–water partition coefficient (Wildman–Crippen LogP) is 4.18. The second-order valence-corrected chi connectivity index (χ2v) is 3.27. The number of rotatable bonds is 4. The smallest absolute Gasteiger partial charge is 0.123 e. The number of halogens is 1. The first-order valence-corrected chi connectivity index (χ1v) is 4.92. The van der Waals surface area contributed by atoms with E-state index in [2.05, 4.69) is 19.2 Å². The molecule has 0 saturated heterocycles. The molecule has 0 aromatic heterocycles. The monoisotopic (exact) mass is 190 g/mol.